The summed E-state index contributed by atoms with van der Waals surface area (Å²) in [6, 6.07) is 10.9. The topological polar surface area (TPSA) is 69.0 Å². The van der Waals surface area contributed by atoms with Gasteiger partial charge in [0.25, 0.3) is 5.91 Å². The van der Waals surface area contributed by atoms with Gasteiger partial charge < -0.3 is 14.6 Å². The second-order valence-corrected chi connectivity index (χ2v) is 5.81. The van der Waals surface area contributed by atoms with Crippen LogP contribution >= 0.6 is 0 Å². The predicted octanol–water partition coefficient (Wildman–Crippen LogP) is 2.68. The molecule has 3 rings (SSSR count). The Morgan fingerprint density at radius 1 is 1.20 bits per heavy atom. The van der Waals surface area contributed by atoms with Gasteiger partial charge in [-0.15, -0.1) is 0 Å². The van der Waals surface area contributed by atoms with E-state index in [0.29, 0.717) is 24.5 Å². The molecule has 1 atom stereocenters. The molecule has 0 fully saturated rings. The maximum atomic E-state index is 12.3. The molecular formula is C19H20N4O2. The summed E-state index contributed by atoms with van der Waals surface area (Å²) in [6.45, 7) is 3.09. The average molecular weight is 336 g/mol. The fourth-order valence-corrected chi connectivity index (χ4v) is 2.42. The molecule has 1 unspecified atom stereocenters. The smallest absolute Gasteiger partial charge is 0.251 e. The molecule has 1 N–H and O–H groups in total. The van der Waals surface area contributed by atoms with Gasteiger partial charge in [0.15, 0.2) is 0 Å². The third-order valence-corrected chi connectivity index (χ3v) is 3.67. The second kappa shape index (κ2) is 8.10. The number of carbonyl (C=O) groups excluding carboxylic acids is 1. The van der Waals surface area contributed by atoms with E-state index in [1.165, 1.54) is 0 Å². The molecule has 0 radical (unpaired) electrons. The molecular weight excluding hydrogens is 316 g/mol. The summed E-state index contributed by atoms with van der Waals surface area (Å²) >= 11 is 0. The lowest BCUT2D eigenvalue weighted by atomic mass is 10.2. The van der Waals surface area contributed by atoms with Crippen LogP contribution in [0.3, 0.4) is 0 Å². The van der Waals surface area contributed by atoms with Gasteiger partial charge in [-0.3, -0.25) is 9.78 Å². The standard InChI is InChI=1S/C19H20N4O2/c1-15(12-23-10-9-21-14-23)22-19(24)17-4-6-18(7-5-17)25-13-16-3-2-8-20-11-16/h2-11,14-15H,12-13H2,1H3,(H,22,24). The fourth-order valence-electron chi connectivity index (χ4n) is 2.42. The number of nitrogens with zero attached hydrogens (tertiary/aromatic N) is 3. The van der Waals surface area contributed by atoms with Crippen LogP contribution in [0.4, 0.5) is 0 Å². The summed E-state index contributed by atoms with van der Waals surface area (Å²) < 4.78 is 7.63. The number of amides is 1. The van der Waals surface area contributed by atoms with Crippen LogP contribution in [-0.2, 0) is 13.2 Å². The molecule has 2 aromatic heterocycles. The summed E-state index contributed by atoms with van der Waals surface area (Å²) in [6.07, 6.45) is 8.82. The van der Waals surface area contributed by atoms with Crippen molar-refractivity contribution in [2.24, 2.45) is 0 Å². The van der Waals surface area contributed by atoms with Crippen LogP contribution in [0.25, 0.3) is 0 Å². The highest BCUT2D eigenvalue weighted by molar-refractivity contribution is 5.94. The zero-order valence-electron chi connectivity index (χ0n) is 14.0. The Hall–Kier alpha value is -3.15. The first kappa shape index (κ1) is 16.7. The van der Waals surface area contributed by atoms with Crippen molar-refractivity contribution >= 4 is 5.91 Å². The average Bonchev–Trinajstić information content (AvgIpc) is 3.14. The molecule has 25 heavy (non-hydrogen) atoms. The van der Waals surface area contributed by atoms with Crippen LogP contribution in [0.1, 0.15) is 22.8 Å². The second-order valence-electron chi connectivity index (χ2n) is 5.81. The zero-order chi connectivity index (χ0) is 17.5. The Bertz CT molecular complexity index is 786. The quantitative estimate of drug-likeness (QED) is 0.720. The number of ether oxygens (including phenoxy) is 1. The lowest BCUT2D eigenvalue weighted by molar-refractivity contribution is 0.0936. The third-order valence-electron chi connectivity index (χ3n) is 3.67. The lowest BCUT2D eigenvalue weighted by Crippen LogP contribution is -2.35. The SMILES string of the molecule is CC(Cn1ccnc1)NC(=O)c1ccc(OCc2cccnc2)cc1. The minimum Gasteiger partial charge on any atom is -0.489 e. The summed E-state index contributed by atoms with van der Waals surface area (Å²) in [4.78, 5) is 20.3. The summed E-state index contributed by atoms with van der Waals surface area (Å²) in [5.74, 6) is 0.610. The van der Waals surface area contributed by atoms with Crippen molar-refractivity contribution in [3.63, 3.8) is 0 Å². The van der Waals surface area contributed by atoms with Gasteiger partial charge in [0.05, 0.1) is 6.33 Å². The van der Waals surface area contributed by atoms with Gasteiger partial charge in [0.1, 0.15) is 12.4 Å². The Balaban J connectivity index is 1.51. The van der Waals surface area contributed by atoms with E-state index in [1.54, 1.807) is 49.2 Å². The first-order chi connectivity index (χ1) is 12.2. The summed E-state index contributed by atoms with van der Waals surface area (Å²) in [5, 5.41) is 2.98. The molecule has 6 heteroatoms. The van der Waals surface area contributed by atoms with E-state index in [9.17, 15) is 4.79 Å². The molecule has 1 aromatic carbocycles. The van der Waals surface area contributed by atoms with Crippen LogP contribution in [0.15, 0.2) is 67.5 Å². The number of rotatable bonds is 7. The van der Waals surface area contributed by atoms with E-state index in [-0.39, 0.29) is 11.9 Å². The van der Waals surface area contributed by atoms with Crippen LogP contribution < -0.4 is 10.1 Å². The van der Waals surface area contributed by atoms with Crippen molar-refractivity contribution < 1.29 is 9.53 Å². The van der Waals surface area contributed by atoms with Gasteiger partial charge in [-0.2, -0.15) is 0 Å². The molecule has 0 saturated carbocycles. The first-order valence-electron chi connectivity index (χ1n) is 8.09. The van der Waals surface area contributed by atoms with E-state index >= 15 is 0 Å². The molecule has 0 bridgehead atoms. The van der Waals surface area contributed by atoms with E-state index in [0.717, 1.165) is 5.56 Å². The van der Waals surface area contributed by atoms with Crippen molar-refractivity contribution in [3.8, 4) is 5.75 Å². The van der Waals surface area contributed by atoms with Crippen LogP contribution in [0, 0.1) is 0 Å². The number of imidazole rings is 1. The van der Waals surface area contributed by atoms with E-state index < -0.39 is 0 Å². The van der Waals surface area contributed by atoms with E-state index in [1.807, 2.05) is 29.8 Å². The number of benzene rings is 1. The molecule has 2 heterocycles. The molecule has 0 aliphatic rings. The third kappa shape index (κ3) is 4.91. The van der Waals surface area contributed by atoms with Crippen molar-refractivity contribution in [3.05, 3.63) is 78.6 Å². The fraction of sp³-hybridized carbons (Fsp3) is 0.211. The molecule has 1 amide bonds. The Labute approximate surface area is 146 Å². The van der Waals surface area contributed by atoms with E-state index in [4.69, 9.17) is 4.74 Å². The van der Waals surface area contributed by atoms with Gasteiger partial charge in [-0.05, 0) is 37.3 Å². The van der Waals surface area contributed by atoms with Gasteiger partial charge in [0, 0.05) is 48.5 Å². The zero-order valence-corrected chi connectivity index (χ0v) is 14.0. The highest BCUT2D eigenvalue weighted by Gasteiger charge is 2.10. The van der Waals surface area contributed by atoms with Crippen molar-refractivity contribution in [2.45, 2.75) is 26.1 Å². The monoisotopic (exact) mass is 336 g/mol. The number of hydrogen-bond acceptors (Lipinski definition) is 4. The molecule has 128 valence electrons. The molecule has 0 saturated heterocycles. The molecule has 6 nitrogen and oxygen atoms in total. The van der Waals surface area contributed by atoms with Crippen LogP contribution in [-0.4, -0.2) is 26.5 Å². The van der Waals surface area contributed by atoms with E-state index in [2.05, 4.69) is 15.3 Å². The van der Waals surface area contributed by atoms with Crippen molar-refractivity contribution in [1.29, 1.82) is 0 Å². The minimum absolute atomic E-state index is 0.00297. The maximum Gasteiger partial charge on any atom is 0.251 e. The van der Waals surface area contributed by atoms with Gasteiger partial charge in [-0.1, -0.05) is 6.07 Å². The number of aromatic nitrogens is 3. The van der Waals surface area contributed by atoms with Gasteiger partial charge in [0.2, 0.25) is 0 Å². The Morgan fingerprint density at radius 3 is 2.72 bits per heavy atom. The van der Waals surface area contributed by atoms with Crippen LogP contribution in [0.5, 0.6) is 5.75 Å². The minimum atomic E-state index is -0.105. The Kier molecular flexibility index (Phi) is 5.41. The Morgan fingerprint density at radius 2 is 2.04 bits per heavy atom. The highest BCUT2D eigenvalue weighted by atomic mass is 16.5. The summed E-state index contributed by atoms with van der Waals surface area (Å²) in [7, 11) is 0. The van der Waals surface area contributed by atoms with Crippen LogP contribution in [0.2, 0.25) is 0 Å². The normalized spacial score (nSPS) is 11.7. The highest BCUT2D eigenvalue weighted by Crippen LogP contribution is 2.14. The number of nitrogens with one attached hydrogen (secondary N) is 1. The molecule has 0 spiro atoms. The van der Waals surface area contributed by atoms with Gasteiger partial charge >= 0.3 is 0 Å². The number of hydrogen-bond donors (Lipinski definition) is 1. The molecule has 3 aromatic rings. The maximum absolute atomic E-state index is 12.3. The summed E-state index contributed by atoms with van der Waals surface area (Å²) in [5.41, 5.74) is 1.60. The molecule has 0 aliphatic carbocycles. The number of pyridine rings is 1. The van der Waals surface area contributed by atoms with Gasteiger partial charge in [-0.25, -0.2) is 4.98 Å². The predicted molar refractivity (Wildman–Crippen MR) is 94.2 cm³/mol. The lowest BCUT2D eigenvalue weighted by Gasteiger charge is -2.14. The number of carbonyl (C=O) groups is 1. The first-order valence-corrected chi connectivity index (χ1v) is 8.09. The largest absolute Gasteiger partial charge is 0.489 e. The van der Waals surface area contributed by atoms with Crippen molar-refractivity contribution in [2.75, 3.05) is 0 Å². The van der Waals surface area contributed by atoms with Crippen molar-refractivity contribution in [1.82, 2.24) is 19.9 Å². The molecule has 0 aliphatic heterocycles.